The molecule has 3 aliphatic heterocycles. The van der Waals surface area contributed by atoms with Gasteiger partial charge in [0, 0.05) is 43.6 Å². The molecule has 182 valence electrons. The summed E-state index contributed by atoms with van der Waals surface area (Å²) < 4.78 is 25.1. The Morgan fingerprint density at radius 1 is 1.32 bits per heavy atom. The van der Waals surface area contributed by atoms with Crippen LogP contribution in [0.4, 0.5) is 10.2 Å². The summed E-state index contributed by atoms with van der Waals surface area (Å²) >= 11 is 0. The fraction of sp³-hybridized carbons (Fsp3) is 0.577. The lowest BCUT2D eigenvalue weighted by atomic mass is 9.84. The molecule has 5 heterocycles. The van der Waals surface area contributed by atoms with Crippen molar-refractivity contribution in [2.75, 3.05) is 38.7 Å². The molecule has 2 aromatic heterocycles. The Morgan fingerprint density at radius 3 is 2.88 bits per heavy atom. The number of halogens is 1. The minimum Gasteiger partial charge on any atom is -0.481 e. The average Bonchev–Trinajstić information content (AvgIpc) is 3.26. The average molecular weight is 469 g/mol. The summed E-state index contributed by atoms with van der Waals surface area (Å²) in [7, 11) is 1.48. The predicted molar refractivity (Wildman–Crippen MR) is 127 cm³/mol. The van der Waals surface area contributed by atoms with Crippen LogP contribution in [0, 0.1) is 12.7 Å². The van der Waals surface area contributed by atoms with Gasteiger partial charge < -0.3 is 19.7 Å². The Labute approximate surface area is 200 Å². The number of rotatable bonds is 4. The molecule has 0 aliphatic carbocycles. The van der Waals surface area contributed by atoms with Crippen LogP contribution in [0.15, 0.2) is 18.3 Å². The minimum absolute atomic E-state index is 0.0735. The molecule has 7 nitrogen and oxygen atoms in total. The van der Waals surface area contributed by atoms with Gasteiger partial charge in [0.2, 0.25) is 11.8 Å². The second-order valence-electron chi connectivity index (χ2n) is 9.94. The molecule has 5 rings (SSSR count). The van der Waals surface area contributed by atoms with Crippen molar-refractivity contribution in [1.82, 2.24) is 14.9 Å². The van der Waals surface area contributed by atoms with E-state index in [2.05, 4.69) is 23.3 Å². The van der Waals surface area contributed by atoms with E-state index in [1.165, 1.54) is 24.3 Å². The number of carbonyl (C=O) groups is 1. The molecule has 2 fully saturated rings. The van der Waals surface area contributed by atoms with E-state index < -0.39 is 11.7 Å². The van der Waals surface area contributed by atoms with Gasteiger partial charge in [-0.2, -0.15) is 0 Å². The Kier molecular flexibility index (Phi) is 6.18. The molecule has 1 spiro atoms. The van der Waals surface area contributed by atoms with Crippen molar-refractivity contribution < 1.29 is 18.7 Å². The van der Waals surface area contributed by atoms with Crippen molar-refractivity contribution in [3.8, 4) is 5.88 Å². The highest BCUT2D eigenvalue weighted by Crippen LogP contribution is 2.39. The highest BCUT2D eigenvalue weighted by Gasteiger charge is 2.43. The quantitative estimate of drug-likeness (QED) is 0.732. The van der Waals surface area contributed by atoms with Crippen LogP contribution in [-0.2, 0) is 16.0 Å². The Morgan fingerprint density at radius 2 is 2.12 bits per heavy atom. The van der Waals surface area contributed by atoms with Gasteiger partial charge in [0.1, 0.15) is 11.6 Å². The number of hydrogen-bond acceptors (Lipinski definition) is 6. The zero-order valence-electron chi connectivity index (χ0n) is 20.2. The molecule has 1 N–H and O–H groups in total. The lowest BCUT2D eigenvalue weighted by molar-refractivity contribution is -0.131. The van der Waals surface area contributed by atoms with Crippen LogP contribution in [0.1, 0.15) is 66.8 Å². The van der Waals surface area contributed by atoms with Crippen LogP contribution in [0.2, 0.25) is 0 Å². The third-order valence-electron chi connectivity index (χ3n) is 7.82. The minimum atomic E-state index is -0.606. The van der Waals surface area contributed by atoms with Crippen molar-refractivity contribution in [2.45, 2.75) is 63.3 Å². The van der Waals surface area contributed by atoms with Gasteiger partial charge in [-0.15, -0.1) is 0 Å². The second kappa shape index (κ2) is 9.13. The number of hydrogen-bond donors (Lipinski definition) is 1. The summed E-state index contributed by atoms with van der Waals surface area (Å²) in [5.41, 5.74) is 3.83. The first-order valence-electron chi connectivity index (χ1n) is 12.2. The van der Waals surface area contributed by atoms with E-state index in [4.69, 9.17) is 14.5 Å². The summed E-state index contributed by atoms with van der Waals surface area (Å²) in [6.07, 6.45) is 5.98. The topological polar surface area (TPSA) is 76.6 Å². The van der Waals surface area contributed by atoms with Crippen LogP contribution in [0.25, 0.3) is 0 Å². The smallest absolute Gasteiger partial charge is 0.230 e. The molecule has 2 atom stereocenters. The van der Waals surface area contributed by atoms with Crippen molar-refractivity contribution in [3.05, 3.63) is 46.5 Å². The number of nitrogens with one attached hydrogen (secondary N) is 1. The van der Waals surface area contributed by atoms with Gasteiger partial charge >= 0.3 is 0 Å². The molecule has 8 heteroatoms. The number of carbonyl (C=O) groups excluding carboxylic acids is 1. The van der Waals surface area contributed by atoms with E-state index >= 15 is 0 Å². The van der Waals surface area contributed by atoms with Gasteiger partial charge in [-0.05, 0) is 63.0 Å². The van der Waals surface area contributed by atoms with Crippen molar-refractivity contribution >= 4 is 11.7 Å². The molecular formula is C26H33FN4O3. The number of fused-ring (bicyclic) bond motifs is 1. The summed E-state index contributed by atoms with van der Waals surface area (Å²) in [5, 5.41) is 3.70. The number of methoxy groups -OCH3 is 1. The SMILES string of the molecule is COc1cc([C@@H](C)C(=O)N2CC[C@@]3(CCc4cc(C5CCOCC5)c(C)nc4N3)C2)c(F)cn1. The first-order chi connectivity index (χ1) is 16.4. The molecule has 0 saturated carbocycles. The third-order valence-corrected chi connectivity index (χ3v) is 7.82. The molecular weight excluding hydrogens is 435 g/mol. The Balaban J connectivity index is 1.30. The van der Waals surface area contributed by atoms with Crippen LogP contribution < -0.4 is 10.1 Å². The molecule has 0 bridgehead atoms. The van der Waals surface area contributed by atoms with E-state index in [0.29, 0.717) is 30.5 Å². The van der Waals surface area contributed by atoms with E-state index in [1.807, 2.05) is 4.90 Å². The van der Waals surface area contributed by atoms with Crippen molar-refractivity contribution in [2.24, 2.45) is 0 Å². The highest BCUT2D eigenvalue weighted by molar-refractivity contribution is 5.84. The molecule has 2 aromatic rings. The number of aromatic nitrogens is 2. The van der Waals surface area contributed by atoms with Crippen LogP contribution in [0.5, 0.6) is 5.88 Å². The van der Waals surface area contributed by atoms with E-state index in [0.717, 1.165) is 63.0 Å². The monoisotopic (exact) mass is 468 g/mol. The van der Waals surface area contributed by atoms with E-state index in [1.54, 1.807) is 6.92 Å². The molecule has 0 radical (unpaired) electrons. The largest absolute Gasteiger partial charge is 0.481 e. The highest BCUT2D eigenvalue weighted by atomic mass is 19.1. The number of anilines is 1. The number of aryl methyl sites for hydroxylation is 2. The van der Waals surface area contributed by atoms with E-state index in [-0.39, 0.29) is 11.4 Å². The maximum absolute atomic E-state index is 14.4. The molecule has 34 heavy (non-hydrogen) atoms. The summed E-state index contributed by atoms with van der Waals surface area (Å²) in [4.78, 5) is 24.0. The van der Waals surface area contributed by atoms with Gasteiger partial charge in [0.25, 0.3) is 0 Å². The second-order valence-corrected chi connectivity index (χ2v) is 9.94. The van der Waals surface area contributed by atoms with Gasteiger partial charge in [0.15, 0.2) is 0 Å². The molecule has 0 unspecified atom stereocenters. The normalized spacial score (nSPS) is 23.5. The van der Waals surface area contributed by atoms with Crippen LogP contribution in [0.3, 0.4) is 0 Å². The number of likely N-dealkylation sites (tertiary alicyclic amines) is 1. The molecule has 3 aliphatic rings. The Bertz CT molecular complexity index is 1090. The number of pyridine rings is 2. The first-order valence-corrected chi connectivity index (χ1v) is 12.2. The lowest BCUT2D eigenvalue weighted by Crippen LogP contribution is -2.46. The molecule has 0 aromatic carbocycles. The lowest BCUT2D eigenvalue weighted by Gasteiger charge is -2.37. The number of amides is 1. The molecule has 2 saturated heterocycles. The van der Waals surface area contributed by atoms with Crippen molar-refractivity contribution in [1.29, 1.82) is 0 Å². The van der Waals surface area contributed by atoms with Crippen LogP contribution >= 0.6 is 0 Å². The number of ether oxygens (including phenoxy) is 2. The summed E-state index contributed by atoms with van der Waals surface area (Å²) in [6.45, 7) is 6.73. The van der Waals surface area contributed by atoms with Gasteiger partial charge in [0.05, 0.1) is 24.8 Å². The van der Waals surface area contributed by atoms with E-state index in [9.17, 15) is 9.18 Å². The van der Waals surface area contributed by atoms with Crippen molar-refractivity contribution in [3.63, 3.8) is 0 Å². The first kappa shape index (κ1) is 23.0. The van der Waals surface area contributed by atoms with Gasteiger partial charge in [-0.3, -0.25) is 4.79 Å². The predicted octanol–water partition coefficient (Wildman–Crippen LogP) is 3.96. The van der Waals surface area contributed by atoms with Crippen LogP contribution in [-0.4, -0.2) is 59.7 Å². The zero-order chi connectivity index (χ0) is 23.9. The maximum Gasteiger partial charge on any atom is 0.230 e. The summed E-state index contributed by atoms with van der Waals surface area (Å²) in [6, 6.07) is 3.86. The fourth-order valence-electron chi connectivity index (χ4n) is 5.72. The fourth-order valence-corrected chi connectivity index (χ4v) is 5.72. The maximum atomic E-state index is 14.4. The summed E-state index contributed by atoms with van der Waals surface area (Å²) in [5.74, 6) is 0.616. The van der Waals surface area contributed by atoms with Gasteiger partial charge in [-0.1, -0.05) is 6.07 Å². The standard InChI is InChI=1S/C26H33FN4O3/c1-16(20-13-23(33-3)28-14-22(20)27)25(32)31-9-8-26(15-31)7-4-19-12-21(17(2)29-24(19)30-26)18-5-10-34-11-6-18/h12-14,16,18H,4-11,15H2,1-3H3,(H,29,30)/t16-,26+/m1/s1. The molecule has 1 amide bonds. The third kappa shape index (κ3) is 4.24. The number of nitrogens with zero attached hydrogens (tertiary/aromatic N) is 3. The van der Waals surface area contributed by atoms with Gasteiger partial charge in [-0.25, -0.2) is 14.4 Å². The zero-order valence-corrected chi connectivity index (χ0v) is 20.2. The Hall–Kier alpha value is -2.74.